The molecule has 0 bridgehead atoms. The molecule has 2 rings (SSSR count). The van der Waals surface area contributed by atoms with Crippen LogP contribution in [0.4, 0.5) is 5.82 Å². The van der Waals surface area contributed by atoms with Crippen molar-refractivity contribution in [2.75, 3.05) is 18.0 Å². The molecule has 0 amide bonds. The fourth-order valence-electron chi connectivity index (χ4n) is 2.52. The van der Waals surface area contributed by atoms with Gasteiger partial charge in [-0.2, -0.15) is 0 Å². The molecule has 0 radical (unpaired) electrons. The second-order valence-electron chi connectivity index (χ2n) is 7.31. The third kappa shape index (κ3) is 3.68. The van der Waals surface area contributed by atoms with Gasteiger partial charge in [-0.25, -0.2) is 9.97 Å². The highest BCUT2D eigenvalue weighted by Gasteiger charge is 2.28. The third-order valence-electron chi connectivity index (χ3n) is 3.58. The summed E-state index contributed by atoms with van der Waals surface area (Å²) in [5, 5.41) is 0. The monoisotopic (exact) mass is 325 g/mol. The van der Waals surface area contributed by atoms with Crippen LogP contribution in [0.3, 0.4) is 0 Å². The van der Waals surface area contributed by atoms with E-state index >= 15 is 0 Å². The highest BCUT2D eigenvalue weighted by molar-refractivity contribution is 9.10. The maximum Gasteiger partial charge on any atom is 0.137 e. The quantitative estimate of drug-likeness (QED) is 0.726. The topological polar surface area (TPSA) is 29.0 Å². The summed E-state index contributed by atoms with van der Waals surface area (Å²) >= 11 is 3.52. The molecule has 4 heteroatoms. The van der Waals surface area contributed by atoms with Gasteiger partial charge in [-0.05, 0) is 34.2 Å². The van der Waals surface area contributed by atoms with Gasteiger partial charge >= 0.3 is 0 Å². The third-order valence-corrected chi connectivity index (χ3v) is 3.98. The number of aromatic nitrogens is 2. The number of piperidine rings is 1. The Bertz CT molecular complexity index is 463. The van der Waals surface area contributed by atoms with Crippen molar-refractivity contribution < 1.29 is 0 Å². The summed E-state index contributed by atoms with van der Waals surface area (Å²) in [6, 6.07) is 2.04. The Balaban J connectivity index is 2.32. The van der Waals surface area contributed by atoms with Crippen molar-refractivity contribution in [2.45, 2.75) is 52.9 Å². The summed E-state index contributed by atoms with van der Waals surface area (Å²) in [6.45, 7) is 13.3. The molecular weight excluding hydrogens is 302 g/mol. The molecule has 1 saturated heterocycles. The average Bonchev–Trinajstić information content (AvgIpc) is 2.25. The van der Waals surface area contributed by atoms with Crippen LogP contribution in [0, 0.1) is 5.41 Å². The molecule has 1 aliphatic rings. The van der Waals surface area contributed by atoms with Gasteiger partial charge in [0.25, 0.3) is 0 Å². The van der Waals surface area contributed by atoms with Gasteiger partial charge in [0.2, 0.25) is 0 Å². The summed E-state index contributed by atoms with van der Waals surface area (Å²) in [7, 11) is 0. The van der Waals surface area contributed by atoms with Crippen molar-refractivity contribution in [2.24, 2.45) is 5.41 Å². The minimum absolute atomic E-state index is 0.0240. The zero-order valence-electron chi connectivity index (χ0n) is 12.6. The molecule has 106 valence electrons. The lowest BCUT2D eigenvalue weighted by molar-refractivity contribution is 0.291. The molecule has 1 fully saturated rings. The number of rotatable bonds is 1. The molecule has 0 N–H and O–H groups in total. The minimum Gasteiger partial charge on any atom is -0.356 e. The molecule has 3 nitrogen and oxygen atoms in total. The van der Waals surface area contributed by atoms with Gasteiger partial charge in [0.1, 0.15) is 16.2 Å². The van der Waals surface area contributed by atoms with Crippen molar-refractivity contribution in [3.63, 3.8) is 0 Å². The van der Waals surface area contributed by atoms with Crippen LogP contribution in [-0.4, -0.2) is 23.1 Å². The van der Waals surface area contributed by atoms with E-state index in [9.17, 15) is 0 Å². The molecule has 0 aliphatic carbocycles. The first-order valence-corrected chi connectivity index (χ1v) is 7.77. The molecule has 19 heavy (non-hydrogen) atoms. The van der Waals surface area contributed by atoms with Crippen molar-refractivity contribution in [3.8, 4) is 0 Å². The van der Waals surface area contributed by atoms with Gasteiger partial charge < -0.3 is 4.90 Å². The fraction of sp³-hybridized carbons (Fsp3) is 0.733. The average molecular weight is 326 g/mol. The van der Waals surface area contributed by atoms with Gasteiger partial charge in [-0.1, -0.05) is 34.6 Å². The van der Waals surface area contributed by atoms with Crippen LogP contribution in [0.5, 0.6) is 0 Å². The van der Waals surface area contributed by atoms with E-state index in [1.165, 1.54) is 12.8 Å². The molecule has 0 atom stereocenters. The largest absolute Gasteiger partial charge is 0.356 e. The fourth-order valence-corrected chi connectivity index (χ4v) is 2.89. The molecule has 1 aliphatic heterocycles. The first kappa shape index (κ1) is 14.8. The second-order valence-corrected chi connectivity index (χ2v) is 8.12. The Morgan fingerprint density at radius 2 is 1.95 bits per heavy atom. The Kier molecular flexibility index (Phi) is 3.92. The maximum atomic E-state index is 4.78. The van der Waals surface area contributed by atoms with E-state index < -0.39 is 0 Å². The van der Waals surface area contributed by atoms with E-state index in [2.05, 4.69) is 60.4 Å². The summed E-state index contributed by atoms with van der Waals surface area (Å²) in [5.74, 6) is 1.96. The molecule has 1 aromatic heterocycles. The lowest BCUT2D eigenvalue weighted by Crippen LogP contribution is -2.40. The minimum atomic E-state index is -0.0240. The normalized spacial score (nSPS) is 19.6. The van der Waals surface area contributed by atoms with Crippen molar-refractivity contribution in [3.05, 3.63) is 16.5 Å². The number of anilines is 1. The summed E-state index contributed by atoms with van der Waals surface area (Å²) < 4.78 is 0.880. The molecule has 0 unspecified atom stereocenters. The molecule has 2 heterocycles. The molecule has 0 saturated carbocycles. The van der Waals surface area contributed by atoms with Crippen molar-refractivity contribution in [1.29, 1.82) is 0 Å². The first-order chi connectivity index (χ1) is 8.67. The molecule has 1 aromatic rings. The van der Waals surface area contributed by atoms with Crippen LogP contribution in [-0.2, 0) is 5.41 Å². The van der Waals surface area contributed by atoms with Crippen LogP contribution in [0.15, 0.2) is 10.7 Å². The maximum absolute atomic E-state index is 4.78. The molecule has 0 spiro atoms. The Labute approximate surface area is 125 Å². The number of hydrogen-bond donors (Lipinski definition) is 0. The number of nitrogens with zero attached hydrogens (tertiary/aromatic N) is 3. The van der Waals surface area contributed by atoms with E-state index in [-0.39, 0.29) is 5.41 Å². The molecule has 0 aromatic carbocycles. The van der Waals surface area contributed by atoms with E-state index in [0.717, 1.165) is 29.3 Å². The van der Waals surface area contributed by atoms with Crippen LogP contribution in [0.25, 0.3) is 0 Å². The number of halogens is 1. The second kappa shape index (κ2) is 5.04. The van der Waals surface area contributed by atoms with E-state index in [1.807, 2.05) is 6.07 Å². The number of hydrogen-bond acceptors (Lipinski definition) is 3. The van der Waals surface area contributed by atoms with Gasteiger partial charge in [0.05, 0.1) is 0 Å². The zero-order valence-corrected chi connectivity index (χ0v) is 14.2. The van der Waals surface area contributed by atoms with E-state index in [0.29, 0.717) is 5.41 Å². The first-order valence-electron chi connectivity index (χ1n) is 6.97. The SMILES string of the molecule is CC1(C)CCCN(c2cc(Br)nc(C(C)(C)C)n2)C1. The highest BCUT2D eigenvalue weighted by atomic mass is 79.9. The highest BCUT2D eigenvalue weighted by Crippen LogP contribution is 2.32. The Morgan fingerprint density at radius 1 is 1.26 bits per heavy atom. The van der Waals surface area contributed by atoms with Crippen LogP contribution < -0.4 is 4.90 Å². The van der Waals surface area contributed by atoms with Gasteiger partial charge in [0, 0.05) is 24.6 Å². The summed E-state index contributed by atoms with van der Waals surface area (Å²) in [6.07, 6.45) is 2.53. The van der Waals surface area contributed by atoms with Crippen LogP contribution in [0.1, 0.15) is 53.3 Å². The lowest BCUT2D eigenvalue weighted by Gasteiger charge is -2.39. The van der Waals surface area contributed by atoms with Gasteiger partial charge in [-0.3, -0.25) is 0 Å². The van der Waals surface area contributed by atoms with Gasteiger partial charge in [0.15, 0.2) is 0 Å². The predicted molar refractivity (Wildman–Crippen MR) is 83.7 cm³/mol. The van der Waals surface area contributed by atoms with E-state index in [1.54, 1.807) is 0 Å². The Morgan fingerprint density at radius 3 is 2.53 bits per heavy atom. The lowest BCUT2D eigenvalue weighted by atomic mass is 9.84. The van der Waals surface area contributed by atoms with Crippen molar-refractivity contribution in [1.82, 2.24) is 9.97 Å². The zero-order chi connectivity index (χ0) is 14.3. The Hall–Kier alpha value is -0.640. The van der Waals surface area contributed by atoms with Crippen molar-refractivity contribution >= 4 is 21.7 Å². The predicted octanol–water partition coefficient (Wildman–Crippen LogP) is 4.16. The smallest absolute Gasteiger partial charge is 0.137 e. The molecular formula is C15H24BrN3. The standard InChI is InChI=1S/C15H24BrN3/c1-14(2,3)13-17-11(16)9-12(18-13)19-8-6-7-15(4,5)10-19/h9H,6-8,10H2,1-5H3. The van der Waals surface area contributed by atoms with Gasteiger partial charge in [-0.15, -0.1) is 0 Å². The van der Waals surface area contributed by atoms with Crippen LogP contribution in [0.2, 0.25) is 0 Å². The summed E-state index contributed by atoms with van der Waals surface area (Å²) in [4.78, 5) is 11.7. The van der Waals surface area contributed by atoms with Crippen LogP contribution >= 0.6 is 15.9 Å². The van der Waals surface area contributed by atoms with E-state index in [4.69, 9.17) is 4.98 Å². The summed E-state index contributed by atoms with van der Waals surface area (Å²) in [5.41, 5.74) is 0.349.